The molecule has 0 unspecified atom stereocenters. The van der Waals surface area contributed by atoms with Crippen molar-refractivity contribution in [3.8, 4) is 0 Å². The highest BCUT2D eigenvalue weighted by molar-refractivity contribution is 9.09. The van der Waals surface area contributed by atoms with E-state index in [-0.39, 0.29) is 11.9 Å². The van der Waals surface area contributed by atoms with E-state index in [0.717, 1.165) is 16.7 Å². The number of carbonyl (C=O) groups is 2. The van der Waals surface area contributed by atoms with Gasteiger partial charge in [0, 0.05) is 18.7 Å². The van der Waals surface area contributed by atoms with Gasteiger partial charge in [0.1, 0.15) is 5.60 Å². The van der Waals surface area contributed by atoms with Gasteiger partial charge in [0.05, 0.1) is 5.33 Å². The highest BCUT2D eigenvalue weighted by atomic mass is 79.9. The third-order valence-electron chi connectivity index (χ3n) is 3.83. The third kappa shape index (κ3) is 4.94. The number of allylic oxidation sites excluding steroid dienone is 1. The van der Waals surface area contributed by atoms with Gasteiger partial charge in [-0.2, -0.15) is 0 Å². The lowest BCUT2D eigenvalue weighted by Crippen LogP contribution is -2.40. The normalized spacial score (nSPS) is 15.2. The third-order valence-corrected chi connectivity index (χ3v) is 4.34. The molecular formula is C19H24BrNO3. The number of hydrogen-bond acceptors (Lipinski definition) is 3. The van der Waals surface area contributed by atoms with Crippen LogP contribution in [0.15, 0.2) is 35.9 Å². The van der Waals surface area contributed by atoms with E-state index in [2.05, 4.69) is 15.9 Å². The van der Waals surface area contributed by atoms with Crippen LogP contribution in [0.25, 0.3) is 5.57 Å². The minimum Gasteiger partial charge on any atom is -0.444 e. The van der Waals surface area contributed by atoms with E-state index in [1.165, 1.54) is 0 Å². The first-order chi connectivity index (χ1) is 11.3. The molecule has 5 heteroatoms. The van der Waals surface area contributed by atoms with Crippen LogP contribution in [0.4, 0.5) is 4.79 Å². The van der Waals surface area contributed by atoms with Crippen molar-refractivity contribution in [1.29, 1.82) is 0 Å². The number of ketones is 1. The monoisotopic (exact) mass is 393 g/mol. The summed E-state index contributed by atoms with van der Waals surface area (Å²) in [4.78, 5) is 26.3. The van der Waals surface area contributed by atoms with Crippen molar-refractivity contribution in [2.75, 3.05) is 18.4 Å². The molecule has 0 bridgehead atoms. The average molecular weight is 394 g/mol. The summed E-state index contributed by atoms with van der Waals surface area (Å²) in [6.07, 6.45) is 1.11. The van der Waals surface area contributed by atoms with Crippen LogP contribution in [0.2, 0.25) is 0 Å². The van der Waals surface area contributed by atoms with E-state index in [9.17, 15) is 9.59 Å². The number of halogens is 1. The van der Waals surface area contributed by atoms with Crippen molar-refractivity contribution in [1.82, 2.24) is 4.90 Å². The first kappa shape index (κ1) is 18.7. The fourth-order valence-electron chi connectivity index (χ4n) is 2.77. The predicted octanol–water partition coefficient (Wildman–Crippen LogP) is 4.44. The van der Waals surface area contributed by atoms with Crippen molar-refractivity contribution in [3.05, 3.63) is 41.5 Å². The lowest BCUT2D eigenvalue weighted by Gasteiger charge is -2.31. The number of alkyl halides is 1. The molecule has 0 radical (unpaired) electrons. The molecule has 0 saturated carbocycles. The van der Waals surface area contributed by atoms with Gasteiger partial charge in [-0.1, -0.05) is 51.8 Å². The molecule has 1 amide bonds. The molecular weight excluding hydrogens is 370 g/mol. The zero-order chi connectivity index (χ0) is 17.7. The summed E-state index contributed by atoms with van der Waals surface area (Å²) in [5.41, 5.74) is 2.36. The number of benzene rings is 1. The van der Waals surface area contributed by atoms with Crippen LogP contribution in [0.3, 0.4) is 0 Å². The van der Waals surface area contributed by atoms with E-state index in [4.69, 9.17) is 4.74 Å². The number of nitrogens with zero attached hydrogens (tertiary/aromatic N) is 1. The largest absolute Gasteiger partial charge is 0.444 e. The summed E-state index contributed by atoms with van der Waals surface area (Å²) < 4.78 is 5.42. The van der Waals surface area contributed by atoms with E-state index in [1.54, 1.807) is 4.90 Å². The first-order valence-electron chi connectivity index (χ1n) is 8.16. The molecule has 1 aromatic rings. The second-order valence-electron chi connectivity index (χ2n) is 6.87. The lowest BCUT2D eigenvalue weighted by molar-refractivity contribution is -0.111. The molecule has 0 aliphatic carbocycles. The molecule has 0 aromatic heterocycles. The van der Waals surface area contributed by atoms with Crippen molar-refractivity contribution >= 4 is 33.4 Å². The van der Waals surface area contributed by atoms with E-state index in [1.807, 2.05) is 51.1 Å². The smallest absolute Gasteiger partial charge is 0.410 e. The first-order valence-corrected chi connectivity index (χ1v) is 9.28. The number of likely N-dealkylation sites (tertiary alicyclic amines) is 1. The minimum atomic E-state index is -0.492. The maximum absolute atomic E-state index is 12.4. The molecule has 1 saturated heterocycles. The molecule has 2 rings (SSSR count). The molecule has 0 spiro atoms. The number of amides is 1. The van der Waals surface area contributed by atoms with Gasteiger partial charge in [-0.05, 0) is 39.2 Å². The molecule has 130 valence electrons. The summed E-state index contributed by atoms with van der Waals surface area (Å²) in [6.45, 7) is 6.75. The molecule has 0 N–H and O–H groups in total. The number of rotatable bonds is 3. The van der Waals surface area contributed by atoms with Gasteiger partial charge in [-0.25, -0.2) is 4.79 Å². The van der Waals surface area contributed by atoms with Crippen LogP contribution in [-0.4, -0.2) is 40.8 Å². The Hall–Kier alpha value is -1.62. The predicted molar refractivity (Wildman–Crippen MR) is 99.2 cm³/mol. The fraction of sp³-hybridized carbons (Fsp3) is 0.474. The van der Waals surface area contributed by atoms with Crippen molar-refractivity contribution in [2.45, 2.75) is 39.2 Å². The van der Waals surface area contributed by atoms with Crippen LogP contribution in [0, 0.1) is 0 Å². The van der Waals surface area contributed by atoms with Gasteiger partial charge in [-0.15, -0.1) is 0 Å². The number of hydrogen-bond donors (Lipinski definition) is 0. The van der Waals surface area contributed by atoms with Crippen LogP contribution in [0.5, 0.6) is 0 Å². The van der Waals surface area contributed by atoms with Gasteiger partial charge in [0.2, 0.25) is 0 Å². The number of Topliss-reactive ketones (excluding diaryl/α,β-unsaturated/α-hetero) is 1. The molecule has 4 nitrogen and oxygen atoms in total. The van der Waals surface area contributed by atoms with Gasteiger partial charge in [-0.3, -0.25) is 4.79 Å². The topological polar surface area (TPSA) is 46.6 Å². The maximum atomic E-state index is 12.4. The van der Waals surface area contributed by atoms with Crippen LogP contribution < -0.4 is 0 Å². The van der Waals surface area contributed by atoms with Crippen molar-refractivity contribution in [3.63, 3.8) is 0 Å². The summed E-state index contributed by atoms with van der Waals surface area (Å²) >= 11 is 3.28. The number of piperidine rings is 1. The van der Waals surface area contributed by atoms with Crippen LogP contribution >= 0.6 is 15.9 Å². The lowest BCUT2D eigenvalue weighted by atomic mass is 9.91. The second-order valence-corrected chi connectivity index (χ2v) is 7.43. The summed E-state index contributed by atoms with van der Waals surface area (Å²) in [7, 11) is 0. The zero-order valence-corrected chi connectivity index (χ0v) is 16.1. The zero-order valence-electron chi connectivity index (χ0n) is 14.5. The highest BCUT2D eigenvalue weighted by Gasteiger charge is 2.27. The second kappa shape index (κ2) is 7.97. The fourth-order valence-corrected chi connectivity index (χ4v) is 3.05. The van der Waals surface area contributed by atoms with E-state index < -0.39 is 5.60 Å². The van der Waals surface area contributed by atoms with Gasteiger partial charge >= 0.3 is 6.09 Å². The number of ether oxygens (including phenoxy) is 1. The Labute approximate surface area is 152 Å². The Bertz CT molecular complexity index is 622. The van der Waals surface area contributed by atoms with Gasteiger partial charge < -0.3 is 9.64 Å². The Morgan fingerprint density at radius 2 is 1.71 bits per heavy atom. The van der Waals surface area contributed by atoms with Crippen molar-refractivity contribution in [2.24, 2.45) is 0 Å². The molecule has 1 aliphatic heterocycles. The average Bonchev–Trinajstić information content (AvgIpc) is 2.55. The van der Waals surface area contributed by atoms with Crippen LogP contribution in [-0.2, 0) is 9.53 Å². The molecule has 24 heavy (non-hydrogen) atoms. The van der Waals surface area contributed by atoms with E-state index >= 15 is 0 Å². The minimum absolute atomic E-state index is 0.0851. The SMILES string of the molecule is CC(C)(C)OC(=O)N1CCC(=C(C(=O)CBr)c2ccccc2)CC1. The standard InChI is InChI=1S/C19H24BrNO3/c1-19(2,3)24-18(23)21-11-9-15(10-12-21)17(16(22)13-20)14-7-5-4-6-8-14/h4-8H,9-13H2,1-3H3. The molecule has 1 aliphatic rings. The Kier molecular flexibility index (Phi) is 6.21. The van der Waals surface area contributed by atoms with Gasteiger partial charge in [0.15, 0.2) is 5.78 Å². The number of carbonyl (C=O) groups excluding carboxylic acids is 2. The van der Waals surface area contributed by atoms with Crippen molar-refractivity contribution < 1.29 is 14.3 Å². The molecule has 1 heterocycles. The highest BCUT2D eigenvalue weighted by Crippen LogP contribution is 2.28. The van der Waals surface area contributed by atoms with Gasteiger partial charge in [0.25, 0.3) is 0 Å². The Morgan fingerprint density at radius 3 is 2.21 bits per heavy atom. The molecule has 1 fully saturated rings. The summed E-state index contributed by atoms with van der Waals surface area (Å²) in [5.74, 6) is 0.0851. The summed E-state index contributed by atoms with van der Waals surface area (Å²) in [6, 6.07) is 9.74. The quantitative estimate of drug-likeness (QED) is 0.563. The Balaban J connectivity index is 2.16. The summed E-state index contributed by atoms with van der Waals surface area (Å²) in [5, 5.41) is 0.302. The van der Waals surface area contributed by atoms with Crippen LogP contribution in [0.1, 0.15) is 39.2 Å². The maximum Gasteiger partial charge on any atom is 0.410 e. The molecule has 1 aromatic carbocycles. The molecule has 0 atom stereocenters. The van der Waals surface area contributed by atoms with E-state index in [0.29, 0.717) is 31.3 Å². The Morgan fingerprint density at radius 1 is 1.12 bits per heavy atom.